The fourth-order valence-electron chi connectivity index (χ4n) is 5.48. The molecule has 0 aliphatic heterocycles. The van der Waals surface area contributed by atoms with E-state index in [-0.39, 0.29) is 11.3 Å². The van der Waals surface area contributed by atoms with Gasteiger partial charge in [-0.3, -0.25) is 4.79 Å². The van der Waals surface area contributed by atoms with Gasteiger partial charge in [0.1, 0.15) is 5.75 Å². The molecule has 2 aromatic carbocycles. The number of carbonyl (C=O) groups excluding carboxylic acids is 1. The number of hydrogen-bond donors (Lipinski definition) is 0. The first kappa shape index (κ1) is 33.8. The van der Waals surface area contributed by atoms with Gasteiger partial charge in [-0.15, -0.1) is 0 Å². The lowest BCUT2D eigenvalue weighted by Gasteiger charge is -2.26. The van der Waals surface area contributed by atoms with Crippen molar-refractivity contribution < 1.29 is 14.1 Å². The van der Waals surface area contributed by atoms with Crippen LogP contribution in [0.5, 0.6) is 5.75 Å². The average molecular weight is 592 g/mol. The molecule has 0 aliphatic rings. The van der Waals surface area contributed by atoms with Crippen molar-refractivity contribution in [3.05, 3.63) is 76.2 Å². The van der Waals surface area contributed by atoms with Gasteiger partial charge in [-0.05, 0) is 41.2 Å². The zero-order valence-corrected chi connectivity index (χ0v) is 27.8. The second-order valence-electron chi connectivity index (χ2n) is 12.8. The maximum absolute atomic E-state index is 12.8. The molecule has 3 aromatic rings. The van der Waals surface area contributed by atoms with Crippen molar-refractivity contribution in [1.82, 2.24) is 0 Å². The van der Waals surface area contributed by atoms with E-state index in [1.807, 2.05) is 17.0 Å². The molecule has 0 saturated carbocycles. The zero-order valence-electron chi connectivity index (χ0n) is 27.0. The van der Waals surface area contributed by atoms with Crippen LogP contribution in [0.4, 0.5) is 5.69 Å². The number of aromatic nitrogens is 1. The standard InChI is InChI=1S/C37H55N2O2S/c1-6-7-8-9-10-11-12-13-14-15-16-17-24-41-36-27-33(21-22-35(36)37(3,4)5)29-39(31(2)40)34-20-18-19-32(26-34)28-38-23-25-42-30-38/h18-23,25-27,30H,6-17,24,28-29H2,1-5H3/q+1. The molecule has 0 atom stereocenters. The Morgan fingerprint density at radius 3 is 2.12 bits per heavy atom. The molecule has 0 fully saturated rings. The van der Waals surface area contributed by atoms with Crippen LogP contribution in [0.15, 0.2) is 59.6 Å². The third kappa shape index (κ3) is 11.9. The Bertz CT molecular complexity index is 1180. The second kappa shape index (κ2) is 18.1. The van der Waals surface area contributed by atoms with E-state index in [1.165, 1.54) is 81.8 Å². The van der Waals surface area contributed by atoms with Crippen LogP contribution in [0.2, 0.25) is 0 Å². The van der Waals surface area contributed by atoms with Gasteiger partial charge in [0.25, 0.3) is 0 Å². The molecule has 0 radical (unpaired) electrons. The minimum atomic E-state index is -0.0156. The smallest absolute Gasteiger partial charge is 0.224 e. The molecule has 0 bridgehead atoms. The first-order chi connectivity index (χ1) is 20.3. The first-order valence-electron chi connectivity index (χ1n) is 16.3. The van der Waals surface area contributed by atoms with Crippen LogP contribution in [-0.2, 0) is 23.3 Å². The van der Waals surface area contributed by atoms with Crippen molar-refractivity contribution in [2.24, 2.45) is 0 Å². The van der Waals surface area contributed by atoms with Crippen molar-refractivity contribution in [3.8, 4) is 5.75 Å². The Morgan fingerprint density at radius 2 is 1.52 bits per heavy atom. The molecule has 5 heteroatoms. The number of hydrogen-bond acceptors (Lipinski definition) is 3. The number of thiazole rings is 1. The lowest BCUT2D eigenvalue weighted by Crippen LogP contribution is -2.31. The van der Waals surface area contributed by atoms with Gasteiger partial charge in [-0.1, -0.05) is 134 Å². The fraction of sp³-hybridized carbons (Fsp3) is 0.568. The number of unbranched alkanes of at least 4 members (excludes halogenated alkanes) is 11. The molecular formula is C37H55N2O2S+. The Labute approximate surface area is 260 Å². The lowest BCUT2D eigenvalue weighted by atomic mass is 9.85. The quantitative estimate of drug-likeness (QED) is 0.103. The van der Waals surface area contributed by atoms with Gasteiger partial charge < -0.3 is 9.64 Å². The minimum absolute atomic E-state index is 0.0156. The maximum Gasteiger partial charge on any atom is 0.224 e. The number of amides is 1. The number of benzene rings is 2. The molecule has 3 rings (SSSR count). The third-order valence-corrected chi connectivity index (χ3v) is 8.62. The Kier molecular flexibility index (Phi) is 14.6. The van der Waals surface area contributed by atoms with Crippen LogP contribution in [-0.4, -0.2) is 12.5 Å². The number of nitrogens with zero attached hydrogens (tertiary/aromatic N) is 2. The van der Waals surface area contributed by atoms with E-state index in [2.05, 4.69) is 79.7 Å². The topological polar surface area (TPSA) is 33.4 Å². The Hall–Kier alpha value is -2.66. The molecule has 230 valence electrons. The molecule has 1 heterocycles. The van der Waals surface area contributed by atoms with Gasteiger partial charge in [-0.2, -0.15) is 4.57 Å². The summed E-state index contributed by atoms with van der Waals surface area (Å²) in [6.45, 7) is 12.7. The number of rotatable bonds is 19. The van der Waals surface area contributed by atoms with Crippen LogP contribution in [0.25, 0.3) is 0 Å². The molecule has 0 aliphatic carbocycles. The molecule has 0 unspecified atom stereocenters. The summed E-state index contributed by atoms with van der Waals surface area (Å²) < 4.78 is 8.58. The van der Waals surface area contributed by atoms with E-state index < -0.39 is 0 Å². The fourth-order valence-corrected chi connectivity index (χ4v) is 6.08. The van der Waals surface area contributed by atoms with Crippen LogP contribution in [0.3, 0.4) is 0 Å². The summed E-state index contributed by atoms with van der Waals surface area (Å²) in [6, 6.07) is 14.8. The molecule has 1 aromatic heterocycles. The normalized spacial score (nSPS) is 11.5. The summed E-state index contributed by atoms with van der Waals surface area (Å²) in [5.41, 5.74) is 6.49. The van der Waals surface area contributed by atoms with E-state index in [4.69, 9.17) is 4.74 Å². The Morgan fingerprint density at radius 1 is 0.857 bits per heavy atom. The SMILES string of the molecule is CCCCCCCCCCCCCCOc1cc(CN(C(C)=O)c2cccc(C[n+]3ccsc3)c2)ccc1C(C)(C)C. The zero-order chi connectivity index (χ0) is 30.2. The van der Waals surface area contributed by atoms with Crippen LogP contribution < -0.4 is 14.2 Å². The van der Waals surface area contributed by atoms with Crippen LogP contribution in [0.1, 0.15) is 128 Å². The van der Waals surface area contributed by atoms with Gasteiger partial charge in [0.05, 0.1) is 18.5 Å². The molecule has 0 saturated heterocycles. The maximum atomic E-state index is 12.8. The summed E-state index contributed by atoms with van der Waals surface area (Å²) in [6.07, 6.45) is 18.1. The van der Waals surface area contributed by atoms with E-state index in [9.17, 15) is 4.79 Å². The number of ether oxygens (including phenoxy) is 1. The molecule has 0 N–H and O–H groups in total. The molecule has 42 heavy (non-hydrogen) atoms. The molecular weight excluding hydrogens is 536 g/mol. The van der Waals surface area contributed by atoms with Crippen LogP contribution in [0, 0.1) is 0 Å². The number of carbonyl (C=O) groups is 1. The highest BCUT2D eigenvalue weighted by Crippen LogP contribution is 2.33. The van der Waals surface area contributed by atoms with Crippen molar-refractivity contribution in [3.63, 3.8) is 0 Å². The minimum Gasteiger partial charge on any atom is -0.493 e. The van der Waals surface area contributed by atoms with E-state index in [0.717, 1.165) is 36.6 Å². The van der Waals surface area contributed by atoms with Crippen LogP contribution >= 0.6 is 11.3 Å². The highest BCUT2D eigenvalue weighted by atomic mass is 32.1. The summed E-state index contributed by atoms with van der Waals surface area (Å²) in [5, 5.41) is 2.07. The summed E-state index contributed by atoms with van der Waals surface area (Å²) >= 11 is 1.68. The average Bonchev–Trinajstić information content (AvgIpc) is 3.46. The first-order valence-corrected chi connectivity index (χ1v) is 17.3. The van der Waals surface area contributed by atoms with E-state index in [0.29, 0.717) is 6.54 Å². The van der Waals surface area contributed by atoms with Gasteiger partial charge in [0.2, 0.25) is 11.4 Å². The van der Waals surface area contributed by atoms with Gasteiger partial charge in [0, 0.05) is 18.2 Å². The number of anilines is 1. The summed E-state index contributed by atoms with van der Waals surface area (Å²) in [7, 11) is 0. The molecule has 4 nitrogen and oxygen atoms in total. The highest BCUT2D eigenvalue weighted by molar-refractivity contribution is 7.07. The van der Waals surface area contributed by atoms with Crippen molar-refractivity contribution in [2.75, 3.05) is 11.5 Å². The van der Waals surface area contributed by atoms with Crippen molar-refractivity contribution in [2.45, 2.75) is 130 Å². The van der Waals surface area contributed by atoms with E-state index >= 15 is 0 Å². The molecule has 1 amide bonds. The third-order valence-electron chi connectivity index (χ3n) is 7.94. The van der Waals surface area contributed by atoms with E-state index in [1.54, 1.807) is 18.3 Å². The highest BCUT2D eigenvalue weighted by Gasteiger charge is 2.21. The predicted octanol–water partition coefficient (Wildman–Crippen LogP) is 10.0. The van der Waals surface area contributed by atoms with Gasteiger partial charge in [0.15, 0.2) is 12.7 Å². The monoisotopic (exact) mass is 591 g/mol. The summed E-state index contributed by atoms with van der Waals surface area (Å²) in [4.78, 5) is 14.7. The second-order valence-corrected chi connectivity index (χ2v) is 13.5. The lowest BCUT2D eigenvalue weighted by molar-refractivity contribution is -0.683. The Balaban J connectivity index is 1.53. The largest absolute Gasteiger partial charge is 0.493 e. The van der Waals surface area contributed by atoms with Gasteiger partial charge >= 0.3 is 0 Å². The van der Waals surface area contributed by atoms with Crippen molar-refractivity contribution in [1.29, 1.82) is 0 Å². The van der Waals surface area contributed by atoms with Crippen molar-refractivity contribution >= 4 is 22.9 Å². The summed E-state index contributed by atoms with van der Waals surface area (Å²) in [5.74, 6) is 0.989. The predicted molar refractivity (Wildman–Crippen MR) is 179 cm³/mol. The van der Waals surface area contributed by atoms with Gasteiger partial charge in [-0.25, -0.2) is 0 Å². The molecule has 0 spiro atoms.